The van der Waals surface area contributed by atoms with Crippen LogP contribution in [0.25, 0.3) is 44.2 Å². The smallest absolute Gasteiger partial charge is 0.131 e. The third-order valence-corrected chi connectivity index (χ3v) is 7.30. The standard InChI is InChI=1S/C26H15ClN2S/c27-16-13-14-20-19(15-16)24-18-9-6-12-23-25(18)29(21-10-4-5-11-22(21)30-23)26(24)28(20)17-7-2-1-3-8-17/h1-15H. The molecule has 0 spiro atoms. The second-order valence-electron chi connectivity index (χ2n) is 7.59. The van der Waals surface area contributed by atoms with Gasteiger partial charge >= 0.3 is 0 Å². The van der Waals surface area contributed by atoms with E-state index in [-0.39, 0.29) is 0 Å². The van der Waals surface area contributed by atoms with Crippen LogP contribution in [0.4, 0.5) is 0 Å². The number of para-hydroxylation sites is 3. The molecule has 4 heteroatoms. The largest absolute Gasteiger partial charge is 0.295 e. The molecular formula is C26H15ClN2S. The molecule has 4 aromatic carbocycles. The molecule has 3 heterocycles. The van der Waals surface area contributed by atoms with Crippen molar-refractivity contribution in [3.05, 3.63) is 96.0 Å². The minimum Gasteiger partial charge on any atom is -0.295 e. The molecule has 6 aromatic rings. The first-order valence-electron chi connectivity index (χ1n) is 9.91. The van der Waals surface area contributed by atoms with Crippen molar-refractivity contribution in [3.8, 4) is 11.4 Å². The summed E-state index contributed by atoms with van der Waals surface area (Å²) in [7, 11) is 0. The van der Waals surface area contributed by atoms with Crippen molar-refractivity contribution >= 4 is 56.2 Å². The van der Waals surface area contributed by atoms with Gasteiger partial charge in [-0.15, -0.1) is 0 Å². The number of fused-ring (bicyclic) bond motifs is 7. The van der Waals surface area contributed by atoms with Crippen molar-refractivity contribution in [1.82, 2.24) is 9.13 Å². The molecule has 0 radical (unpaired) electrons. The molecule has 7 rings (SSSR count). The molecule has 1 aliphatic rings. The molecule has 2 aromatic heterocycles. The zero-order chi connectivity index (χ0) is 19.8. The van der Waals surface area contributed by atoms with Gasteiger partial charge in [-0.3, -0.25) is 9.13 Å². The van der Waals surface area contributed by atoms with Gasteiger partial charge in [-0.25, -0.2) is 0 Å². The average Bonchev–Trinajstić information content (AvgIpc) is 3.29. The lowest BCUT2D eigenvalue weighted by Gasteiger charge is -2.20. The van der Waals surface area contributed by atoms with Crippen molar-refractivity contribution in [2.24, 2.45) is 0 Å². The fourth-order valence-corrected chi connectivity index (χ4v) is 6.05. The summed E-state index contributed by atoms with van der Waals surface area (Å²) in [6.07, 6.45) is 0. The lowest BCUT2D eigenvalue weighted by Crippen LogP contribution is -2.05. The highest BCUT2D eigenvalue weighted by Crippen LogP contribution is 2.49. The molecule has 0 saturated carbocycles. The van der Waals surface area contributed by atoms with Crippen LogP contribution in [0, 0.1) is 0 Å². The first kappa shape index (κ1) is 16.6. The number of benzene rings is 4. The van der Waals surface area contributed by atoms with E-state index < -0.39 is 0 Å². The summed E-state index contributed by atoms with van der Waals surface area (Å²) >= 11 is 8.32. The molecule has 0 N–H and O–H groups in total. The van der Waals surface area contributed by atoms with Gasteiger partial charge in [0.15, 0.2) is 0 Å². The molecule has 0 fully saturated rings. The van der Waals surface area contributed by atoms with E-state index in [0.717, 1.165) is 10.7 Å². The minimum atomic E-state index is 0.760. The van der Waals surface area contributed by atoms with Gasteiger partial charge in [-0.2, -0.15) is 0 Å². The van der Waals surface area contributed by atoms with Gasteiger partial charge in [0, 0.05) is 36.7 Å². The minimum absolute atomic E-state index is 0.760. The van der Waals surface area contributed by atoms with Crippen LogP contribution in [0.2, 0.25) is 5.02 Å². The maximum Gasteiger partial charge on any atom is 0.131 e. The number of nitrogens with zero attached hydrogens (tertiary/aromatic N) is 2. The lowest BCUT2D eigenvalue weighted by molar-refractivity contribution is 1.03. The Balaban J connectivity index is 1.82. The van der Waals surface area contributed by atoms with Gasteiger partial charge in [0.2, 0.25) is 0 Å². The maximum atomic E-state index is 6.47. The van der Waals surface area contributed by atoms with Crippen molar-refractivity contribution < 1.29 is 0 Å². The van der Waals surface area contributed by atoms with E-state index >= 15 is 0 Å². The van der Waals surface area contributed by atoms with Gasteiger partial charge in [0.05, 0.1) is 16.7 Å². The Morgan fingerprint density at radius 2 is 1.47 bits per heavy atom. The summed E-state index contributed by atoms with van der Waals surface area (Å²) in [4.78, 5) is 2.56. The molecule has 30 heavy (non-hydrogen) atoms. The van der Waals surface area contributed by atoms with Crippen LogP contribution < -0.4 is 0 Å². The van der Waals surface area contributed by atoms with Crippen LogP contribution in [-0.2, 0) is 0 Å². The molecule has 142 valence electrons. The number of hydrogen-bond donors (Lipinski definition) is 0. The summed E-state index contributed by atoms with van der Waals surface area (Å²) < 4.78 is 4.81. The van der Waals surface area contributed by atoms with E-state index in [1.165, 1.54) is 48.3 Å². The second kappa shape index (κ2) is 5.94. The molecule has 1 aliphatic heterocycles. The second-order valence-corrected chi connectivity index (χ2v) is 9.11. The molecule has 0 bridgehead atoms. The first-order chi connectivity index (χ1) is 14.8. The Kier molecular flexibility index (Phi) is 3.30. The van der Waals surface area contributed by atoms with Crippen molar-refractivity contribution in [1.29, 1.82) is 0 Å². The van der Waals surface area contributed by atoms with Crippen molar-refractivity contribution in [3.63, 3.8) is 0 Å². The van der Waals surface area contributed by atoms with E-state index in [2.05, 4.69) is 94.1 Å². The SMILES string of the molecule is Clc1ccc2c(c1)c1c3cccc4c3n(c1n2-c1ccccc1)-c1ccccc1S4. The van der Waals surface area contributed by atoms with Gasteiger partial charge < -0.3 is 0 Å². The average molecular weight is 423 g/mol. The van der Waals surface area contributed by atoms with E-state index in [0.29, 0.717) is 0 Å². The third-order valence-electron chi connectivity index (χ3n) is 5.95. The molecule has 0 unspecified atom stereocenters. The van der Waals surface area contributed by atoms with E-state index in [1.807, 2.05) is 17.8 Å². The monoisotopic (exact) mass is 422 g/mol. The third kappa shape index (κ3) is 2.06. The zero-order valence-electron chi connectivity index (χ0n) is 15.8. The number of hydrogen-bond acceptors (Lipinski definition) is 1. The van der Waals surface area contributed by atoms with Gasteiger partial charge in [0.25, 0.3) is 0 Å². The lowest BCUT2D eigenvalue weighted by atomic mass is 10.1. The summed E-state index contributed by atoms with van der Waals surface area (Å²) in [5.41, 5.74) is 6.01. The van der Waals surface area contributed by atoms with E-state index in [1.54, 1.807) is 0 Å². The van der Waals surface area contributed by atoms with Crippen LogP contribution >= 0.6 is 23.4 Å². The first-order valence-corrected chi connectivity index (χ1v) is 11.1. The fraction of sp³-hybridized carbons (Fsp3) is 0. The highest BCUT2D eigenvalue weighted by Gasteiger charge is 2.27. The molecule has 0 atom stereocenters. The van der Waals surface area contributed by atoms with Gasteiger partial charge in [-0.1, -0.05) is 65.8 Å². The zero-order valence-corrected chi connectivity index (χ0v) is 17.4. The summed E-state index contributed by atoms with van der Waals surface area (Å²) in [6, 6.07) is 32.1. The Morgan fingerprint density at radius 1 is 0.667 bits per heavy atom. The highest BCUT2D eigenvalue weighted by atomic mass is 35.5. The molecule has 0 aliphatic carbocycles. The fourth-order valence-electron chi connectivity index (χ4n) is 4.79. The molecular weight excluding hydrogens is 408 g/mol. The predicted molar refractivity (Wildman–Crippen MR) is 127 cm³/mol. The van der Waals surface area contributed by atoms with Crippen LogP contribution in [0.1, 0.15) is 0 Å². The Bertz CT molecular complexity index is 1620. The van der Waals surface area contributed by atoms with E-state index in [4.69, 9.17) is 11.6 Å². The topological polar surface area (TPSA) is 9.86 Å². The molecule has 0 saturated heterocycles. The Hall–Kier alpha value is -3.14. The number of halogens is 1. The normalized spacial score (nSPS) is 12.7. The van der Waals surface area contributed by atoms with E-state index in [9.17, 15) is 0 Å². The Labute approximate surface area is 182 Å². The summed E-state index contributed by atoms with van der Waals surface area (Å²) in [5.74, 6) is 0. The van der Waals surface area contributed by atoms with Crippen LogP contribution in [-0.4, -0.2) is 9.13 Å². The predicted octanol–water partition coefficient (Wildman–Crippen LogP) is 7.85. The number of aromatic nitrogens is 2. The van der Waals surface area contributed by atoms with Crippen molar-refractivity contribution in [2.75, 3.05) is 0 Å². The quantitative estimate of drug-likeness (QED) is 0.262. The van der Waals surface area contributed by atoms with Crippen LogP contribution in [0.3, 0.4) is 0 Å². The van der Waals surface area contributed by atoms with Crippen LogP contribution in [0.15, 0.2) is 101 Å². The van der Waals surface area contributed by atoms with Crippen LogP contribution in [0.5, 0.6) is 0 Å². The summed E-state index contributed by atoms with van der Waals surface area (Å²) in [5, 5.41) is 4.47. The number of rotatable bonds is 1. The summed E-state index contributed by atoms with van der Waals surface area (Å²) in [6.45, 7) is 0. The molecule has 0 amide bonds. The van der Waals surface area contributed by atoms with Crippen molar-refractivity contribution in [2.45, 2.75) is 9.79 Å². The molecule has 2 nitrogen and oxygen atoms in total. The highest BCUT2D eigenvalue weighted by molar-refractivity contribution is 7.99. The van der Waals surface area contributed by atoms with Gasteiger partial charge in [-0.05, 0) is 48.5 Å². The van der Waals surface area contributed by atoms with Gasteiger partial charge in [0.1, 0.15) is 5.65 Å². The maximum absolute atomic E-state index is 6.47. The Morgan fingerprint density at radius 3 is 2.37 bits per heavy atom.